The summed E-state index contributed by atoms with van der Waals surface area (Å²) in [6.45, 7) is 0. The first-order chi connectivity index (χ1) is 8.81. The standard InChI is InChI=1S/C15H14O3/c16-14(12-7-3-1-4-8-12)11-15(18-17)13-9-5-2-6-10-13/h1-11,15-17H/b14-11-. The Morgan fingerprint density at radius 2 is 1.50 bits per heavy atom. The molecule has 0 aliphatic rings. The van der Waals surface area contributed by atoms with Crippen LogP contribution in [-0.2, 0) is 4.89 Å². The van der Waals surface area contributed by atoms with Crippen molar-refractivity contribution in [3.8, 4) is 0 Å². The highest BCUT2D eigenvalue weighted by molar-refractivity contribution is 5.59. The SMILES string of the molecule is OOC(/C=C(\O)c1ccccc1)c1ccccc1. The quantitative estimate of drug-likeness (QED) is 0.487. The van der Waals surface area contributed by atoms with Gasteiger partial charge in [0.25, 0.3) is 0 Å². The summed E-state index contributed by atoms with van der Waals surface area (Å²) >= 11 is 0. The Kier molecular flexibility index (Phi) is 4.12. The summed E-state index contributed by atoms with van der Waals surface area (Å²) in [5.41, 5.74) is 1.44. The zero-order valence-electron chi connectivity index (χ0n) is 9.73. The van der Waals surface area contributed by atoms with Gasteiger partial charge < -0.3 is 5.11 Å². The fourth-order valence-corrected chi connectivity index (χ4v) is 1.68. The lowest BCUT2D eigenvalue weighted by atomic mass is 10.1. The molecule has 0 saturated carbocycles. The molecule has 2 aromatic carbocycles. The van der Waals surface area contributed by atoms with E-state index in [2.05, 4.69) is 4.89 Å². The third-order valence-electron chi connectivity index (χ3n) is 2.62. The molecule has 0 aliphatic carbocycles. The number of aliphatic hydroxyl groups excluding tert-OH is 1. The maximum atomic E-state index is 9.95. The normalized spacial score (nSPS) is 13.3. The Balaban J connectivity index is 2.25. The summed E-state index contributed by atoms with van der Waals surface area (Å²) in [6.07, 6.45) is 0.774. The van der Waals surface area contributed by atoms with Crippen molar-refractivity contribution < 1.29 is 15.3 Å². The molecule has 18 heavy (non-hydrogen) atoms. The lowest BCUT2D eigenvalue weighted by molar-refractivity contribution is -0.268. The van der Waals surface area contributed by atoms with Crippen LogP contribution in [0.4, 0.5) is 0 Å². The first-order valence-electron chi connectivity index (χ1n) is 5.62. The fourth-order valence-electron chi connectivity index (χ4n) is 1.68. The molecule has 0 fully saturated rings. The molecular formula is C15H14O3. The summed E-state index contributed by atoms with van der Waals surface area (Å²) in [6, 6.07) is 18.3. The average Bonchev–Trinajstić information content (AvgIpc) is 2.46. The minimum atomic E-state index is -0.689. The summed E-state index contributed by atoms with van der Waals surface area (Å²) in [4.78, 5) is 4.39. The predicted molar refractivity (Wildman–Crippen MR) is 69.9 cm³/mol. The molecule has 2 aromatic rings. The van der Waals surface area contributed by atoms with Gasteiger partial charge in [0, 0.05) is 5.56 Å². The van der Waals surface area contributed by atoms with Crippen LogP contribution in [-0.4, -0.2) is 10.4 Å². The third-order valence-corrected chi connectivity index (χ3v) is 2.62. The van der Waals surface area contributed by atoms with E-state index < -0.39 is 6.10 Å². The molecule has 0 saturated heterocycles. The van der Waals surface area contributed by atoms with Crippen molar-refractivity contribution in [1.29, 1.82) is 0 Å². The van der Waals surface area contributed by atoms with Crippen LogP contribution in [0.15, 0.2) is 66.7 Å². The molecule has 2 N–H and O–H groups in total. The van der Waals surface area contributed by atoms with E-state index in [0.717, 1.165) is 5.56 Å². The Labute approximate surface area is 106 Å². The number of aliphatic hydroxyl groups is 1. The molecule has 0 aromatic heterocycles. The minimum absolute atomic E-state index is 0.0681. The van der Waals surface area contributed by atoms with Crippen molar-refractivity contribution in [2.75, 3.05) is 0 Å². The van der Waals surface area contributed by atoms with Crippen LogP contribution >= 0.6 is 0 Å². The van der Waals surface area contributed by atoms with Crippen LogP contribution in [0.1, 0.15) is 17.2 Å². The van der Waals surface area contributed by atoms with Gasteiger partial charge >= 0.3 is 0 Å². The van der Waals surface area contributed by atoms with Gasteiger partial charge in [0.15, 0.2) is 0 Å². The lowest BCUT2D eigenvalue weighted by Gasteiger charge is -2.10. The van der Waals surface area contributed by atoms with Crippen LogP contribution in [0.3, 0.4) is 0 Å². The second-order valence-corrected chi connectivity index (χ2v) is 3.85. The Bertz CT molecular complexity index is 506. The maximum absolute atomic E-state index is 9.95. The molecule has 0 heterocycles. The van der Waals surface area contributed by atoms with Crippen molar-refractivity contribution in [1.82, 2.24) is 0 Å². The predicted octanol–water partition coefficient (Wildman–Crippen LogP) is 3.82. The van der Waals surface area contributed by atoms with Gasteiger partial charge in [-0.2, -0.15) is 0 Å². The van der Waals surface area contributed by atoms with Crippen molar-refractivity contribution in [3.05, 3.63) is 77.9 Å². The van der Waals surface area contributed by atoms with E-state index in [1.54, 1.807) is 12.1 Å². The number of rotatable bonds is 4. The zero-order chi connectivity index (χ0) is 12.8. The van der Waals surface area contributed by atoms with E-state index in [-0.39, 0.29) is 5.76 Å². The Morgan fingerprint density at radius 3 is 2.06 bits per heavy atom. The summed E-state index contributed by atoms with van der Waals surface area (Å²) < 4.78 is 0. The van der Waals surface area contributed by atoms with Gasteiger partial charge in [-0.05, 0) is 11.6 Å². The molecule has 2 rings (SSSR count). The second kappa shape index (κ2) is 6.00. The molecule has 92 valence electrons. The van der Waals surface area contributed by atoms with Crippen LogP contribution in [0.25, 0.3) is 5.76 Å². The summed E-state index contributed by atoms with van der Waals surface area (Å²) in [5.74, 6) is 0.0681. The average molecular weight is 242 g/mol. The molecule has 1 atom stereocenters. The highest BCUT2D eigenvalue weighted by atomic mass is 17.1. The highest BCUT2D eigenvalue weighted by Crippen LogP contribution is 2.22. The first-order valence-corrected chi connectivity index (χ1v) is 5.62. The topological polar surface area (TPSA) is 49.7 Å². The highest BCUT2D eigenvalue weighted by Gasteiger charge is 2.10. The largest absolute Gasteiger partial charge is 0.508 e. The van der Waals surface area contributed by atoms with Gasteiger partial charge in [0.2, 0.25) is 0 Å². The molecule has 0 amide bonds. The van der Waals surface area contributed by atoms with Gasteiger partial charge in [0.05, 0.1) is 0 Å². The van der Waals surface area contributed by atoms with Crippen LogP contribution in [0.2, 0.25) is 0 Å². The minimum Gasteiger partial charge on any atom is -0.508 e. The molecule has 1 unspecified atom stereocenters. The van der Waals surface area contributed by atoms with Crippen molar-refractivity contribution >= 4 is 5.76 Å². The van der Waals surface area contributed by atoms with Crippen LogP contribution < -0.4 is 0 Å². The van der Waals surface area contributed by atoms with Gasteiger partial charge in [-0.25, -0.2) is 4.89 Å². The van der Waals surface area contributed by atoms with Crippen LogP contribution in [0.5, 0.6) is 0 Å². The number of benzene rings is 2. The number of hydrogen-bond donors (Lipinski definition) is 2. The molecule has 0 spiro atoms. The van der Waals surface area contributed by atoms with Gasteiger partial charge in [-0.15, -0.1) is 0 Å². The van der Waals surface area contributed by atoms with E-state index in [1.807, 2.05) is 48.5 Å². The molecule has 3 nitrogen and oxygen atoms in total. The monoisotopic (exact) mass is 242 g/mol. The van der Waals surface area contributed by atoms with E-state index in [1.165, 1.54) is 6.08 Å². The Morgan fingerprint density at radius 1 is 0.944 bits per heavy atom. The summed E-state index contributed by atoms with van der Waals surface area (Å²) in [5, 5.41) is 18.9. The Hall–Kier alpha value is -2.10. The van der Waals surface area contributed by atoms with E-state index in [9.17, 15) is 5.11 Å². The van der Waals surface area contributed by atoms with Crippen molar-refractivity contribution in [2.24, 2.45) is 0 Å². The van der Waals surface area contributed by atoms with E-state index >= 15 is 0 Å². The van der Waals surface area contributed by atoms with Gasteiger partial charge in [-0.1, -0.05) is 60.7 Å². The molecule has 0 bridgehead atoms. The van der Waals surface area contributed by atoms with E-state index in [0.29, 0.717) is 5.56 Å². The first kappa shape index (κ1) is 12.4. The molecular weight excluding hydrogens is 228 g/mol. The summed E-state index contributed by atoms with van der Waals surface area (Å²) in [7, 11) is 0. The van der Waals surface area contributed by atoms with Crippen LogP contribution in [0, 0.1) is 0 Å². The molecule has 3 heteroatoms. The second-order valence-electron chi connectivity index (χ2n) is 3.85. The van der Waals surface area contributed by atoms with Gasteiger partial charge in [0.1, 0.15) is 11.9 Å². The van der Waals surface area contributed by atoms with E-state index in [4.69, 9.17) is 5.26 Å². The van der Waals surface area contributed by atoms with Gasteiger partial charge in [-0.3, -0.25) is 5.26 Å². The van der Waals surface area contributed by atoms with Crippen molar-refractivity contribution in [3.63, 3.8) is 0 Å². The molecule has 0 aliphatic heterocycles. The smallest absolute Gasteiger partial charge is 0.140 e. The number of hydrogen-bond acceptors (Lipinski definition) is 3. The zero-order valence-corrected chi connectivity index (χ0v) is 9.73. The maximum Gasteiger partial charge on any atom is 0.140 e. The molecule has 0 radical (unpaired) electrons. The fraction of sp³-hybridized carbons (Fsp3) is 0.0667. The van der Waals surface area contributed by atoms with Crippen molar-refractivity contribution in [2.45, 2.75) is 6.10 Å². The lowest BCUT2D eigenvalue weighted by Crippen LogP contribution is -1.99. The third kappa shape index (κ3) is 2.97.